The lowest BCUT2D eigenvalue weighted by Crippen LogP contribution is -2.51. The Morgan fingerprint density at radius 2 is 2.44 bits per heavy atom. The third-order valence-electron chi connectivity index (χ3n) is 1.58. The predicted octanol–water partition coefficient (Wildman–Crippen LogP) is -0.563. The SMILES string of the molecule is C[C@@H]1CN(C)C(=O)CN1. The minimum atomic E-state index is 0.188. The first-order valence-electron chi connectivity index (χ1n) is 3.17. The maximum Gasteiger partial charge on any atom is 0.236 e. The van der Waals surface area contributed by atoms with Gasteiger partial charge in [-0.05, 0) is 6.92 Å². The zero-order chi connectivity index (χ0) is 6.85. The molecule has 1 amide bonds. The molecule has 1 fully saturated rings. The van der Waals surface area contributed by atoms with Crippen LogP contribution in [0.5, 0.6) is 0 Å². The summed E-state index contributed by atoms with van der Waals surface area (Å²) in [6.07, 6.45) is 0. The van der Waals surface area contributed by atoms with E-state index in [1.165, 1.54) is 0 Å². The van der Waals surface area contributed by atoms with Crippen molar-refractivity contribution in [3.63, 3.8) is 0 Å². The van der Waals surface area contributed by atoms with Gasteiger partial charge in [0.15, 0.2) is 0 Å². The van der Waals surface area contributed by atoms with Crippen molar-refractivity contribution >= 4 is 5.91 Å². The van der Waals surface area contributed by atoms with Crippen LogP contribution in [0.4, 0.5) is 0 Å². The summed E-state index contributed by atoms with van der Waals surface area (Å²) in [7, 11) is 1.83. The summed E-state index contributed by atoms with van der Waals surface area (Å²) in [5.74, 6) is 0.188. The van der Waals surface area contributed by atoms with Crippen LogP contribution in [-0.2, 0) is 4.79 Å². The molecule has 1 saturated heterocycles. The predicted molar refractivity (Wildman–Crippen MR) is 35.1 cm³/mol. The van der Waals surface area contributed by atoms with Gasteiger partial charge in [0.25, 0.3) is 0 Å². The number of carbonyl (C=O) groups excluding carboxylic acids is 1. The molecule has 0 saturated carbocycles. The van der Waals surface area contributed by atoms with Crippen molar-refractivity contribution in [3.8, 4) is 0 Å². The Morgan fingerprint density at radius 1 is 1.78 bits per heavy atom. The second kappa shape index (κ2) is 2.35. The minimum absolute atomic E-state index is 0.188. The Morgan fingerprint density at radius 3 is 2.89 bits per heavy atom. The van der Waals surface area contributed by atoms with Gasteiger partial charge in [-0.1, -0.05) is 0 Å². The first-order valence-corrected chi connectivity index (χ1v) is 3.17. The average Bonchev–Trinajstić information content (AvgIpc) is 1.80. The average molecular weight is 128 g/mol. The number of hydrogen-bond donors (Lipinski definition) is 1. The summed E-state index contributed by atoms with van der Waals surface area (Å²) >= 11 is 0. The lowest BCUT2D eigenvalue weighted by Gasteiger charge is -2.28. The van der Waals surface area contributed by atoms with Gasteiger partial charge in [0.05, 0.1) is 6.54 Å². The highest BCUT2D eigenvalue weighted by molar-refractivity contribution is 5.78. The van der Waals surface area contributed by atoms with Gasteiger partial charge in [0, 0.05) is 19.6 Å². The van der Waals surface area contributed by atoms with Crippen molar-refractivity contribution in [2.75, 3.05) is 20.1 Å². The zero-order valence-electron chi connectivity index (χ0n) is 5.85. The molecule has 1 rings (SSSR count). The maximum atomic E-state index is 10.8. The molecular weight excluding hydrogens is 116 g/mol. The van der Waals surface area contributed by atoms with Crippen molar-refractivity contribution in [1.82, 2.24) is 10.2 Å². The molecule has 0 aliphatic carbocycles. The lowest BCUT2D eigenvalue weighted by atomic mass is 10.2. The molecular formula is C6H12N2O. The second-order valence-electron chi connectivity index (χ2n) is 2.56. The van der Waals surface area contributed by atoms with E-state index >= 15 is 0 Å². The Balaban J connectivity index is 2.44. The highest BCUT2D eigenvalue weighted by atomic mass is 16.2. The maximum absolute atomic E-state index is 10.8. The molecule has 0 aromatic carbocycles. The fourth-order valence-electron chi connectivity index (χ4n) is 0.974. The standard InChI is InChI=1S/C6H12N2O/c1-5-4-8(2)6(9)3-7-5/h5,7H,3-4H2,1-2H3/t5-/m1/s1. The Hall–Kier alpha value is -0.570. The normalized spacial score (nSPS) is 28.9. The molecule has 1 N–H and O–H groups in total. The van der Waals surface area contributed by atoms with Crippen molar-refractivity contribution in [3.05, 3.63) is 0 Å². The number of nitrogens with one attached hydrogen (secondary N) is 1. The van der Waals surface area contributed by atoms with Gasteiger partial charge >= 0.3 is 0 Å². The lowest BCUT2D eigenvalue weighted by molar-refractivity contribution is -0.131. The van der Waals surface area contributed by atoms with E-state index in [1.54, 1.807) is 4.90 Å². The van der Waals surface area contributed by atoms with Crippen molar-refractivity contribution in [2.24, 2.45) is 0 Å². The Kier molecular flexibility index (Phi) is 1.71. The molecule has 52 valence electrons. The molecule has 1 aliphatic rings. The molecule has 0 radical (unpaired) electrons. The number of nitrogens with zero attached hydrogens (tertiary/aromatic N) is 1. The van der Waals surface area contributed by atoms with Crippen LogP contribution in [-0.4, -0.2) is 37.0 Å². The first-order chi connectivity index (χ1) is 4.20. The molecule has 0 aromatic rings. The van der Waals surface area contributed by atoms with Crippen molar-refractivity contribution in [1.29, 1.82) is 0 Å². The molecule has 1 heterocycles. The van der Waals surface area contributed by atoms with Gasteiger partial charge in [-0.2, -0.15) is 0 Å². The topological polar surface area (TPSA) is 32.3 Å². The summed E-state index contributed by atoms with van der Waals surface area (Å²) < 4.78 is 0. The summed E-state index contributed by atoms with van der Waals surface area (Å²) in [6.45, 7) is 3.40. The summed E-state index contributed by atoms with van der Waals surface area (Å²) in [6, 6.07) is 0.452. The van der Waals surface area contributed by atoms with Crippen LogP contribution in [0.25, 0.3) is 0 Å². The van der Waals surface area contributed by atoms with Crippen LogP contribution in [0.2, 0.25) is 0 Å². The van der Waals surface area contributed by atoms with E-state index < -0.39 is 0 Å². The van der Waals surface area contributed by atoms with E-state index in [1.807, 2.05) is 7.05 Å². The van der Waals surface area contributed by atoms with Crippen LogP contribution in [0.15, 0.2) is 0 Å². The van der Waals surface area contributed by atoms with Crippen LogP contribution in [0, 0.1) is 0 Å². The number of hydrogen-bond acceptors (Lipinski definition) is 2. The molecule has 0 unspecified atom stereocenters. The smallest absolute Gasteiger partial charge is 0.236 e. The van der Waals surface area contributed by atoms with Crippen molar-refractivity contribution < 1.29 is 4.79 Å². The number of likely N-dealkylation sites (N-methyl/N-ethyl adjacent to an activating group) is 1. The van der Waals surface area contributed by atoms with E-state index in [0.29, 0.717) is 12.6 Å². The van der Waals surface area contributed by atoms with Gasteiger partial charge in [-0.25, -0.2) is 0 Å². The third-order valence-corrected chi connectivity index (χ3v) is 1.58. The molecule has 3 nitrogen and oxygen atoms in total. The van der Waals surface area contributed by atoms with Gasteiger partial charge in [0.2, 0.25) is 5.91 Å². The molecule has 1 atom stereocenters. The highest BCUT2D eigenvalue weighted by Gasteiger charge is 2.17. The number of rotatable bonds is 0. The van der Waals surface area contributed by atoms with Gasteiger partial charge in [0.1, 0.15) is 0 Å². The quantitative estimate of drug-likeness (QED) is 0.474. The second-order valence-corrected chi connectivity index (χ2v) is 2.56. The van der Waals surface area contributed by atoms with Gasteiger partial charge in [-0.15, -0.1) is 0 Å². The van der Waals surface area contributed by atoms with Crippen LogP contribution in [0.1, 0.15) is 6.92 Å². The number of amides is 1. The van der Waals surface area contributed by atoms with E-state index in [0.717, 1.165) is 6.54 Å². The zero-order valence-corrected chi connectivity index (χ0v) is 5.85. The number of piperazine rings is 1. The fraction of sp³-hybridized carbons (Fsp3) is 0.833. The first kappa shape index (κ1) is 6.55. The van der Waals surface area contributed by atoms with E-state index in [2.05, 4.69) is 12.2 Å². The van der Waals surface area contributed by atoms with Crippen molar-refractivity contribution in [2.45, 2.75) is 13.0 Å². The molecule has 3 heteroatoms. The molecule has 0 bridgehead atoms. The van der Waals surface area contributed by atoms with Crippen LogP contribution >= 0.6 is 0 Å². The van der Waals surface area contributed by atoms with Gasteiger partial charge in [-0.3, -0.25) is 4.79 Å². The van der Waals surface area contributed by atoms with Crippen LogP contribution < -0.4 is 5.32 Å². The monoisotopic (exact) mass is 128 g/mol. The highest BCUT2D eigenvalue weighted by Crippen LogP contribution is 1.94. The Labute approximate surface area is 55.0 Å². The molecule has 9 heavy (non-hydrogen) atoms. The molecule has 0 aromatic heterocycles. The van der Waals surface area contributed by atoms with E-state index in [-0.39, 0.29) is 5.91 Å². The number of carbonyl (C=O) groups is 1. The van der Waals surface area contributed by atoms with E-state index in [9.17, 15) is 4.79 Å². The fourth-order valence-corrected chi connectivity index (χ4v) is 0.974. The molecule has 0 spiro atoms. The minimum Gasteiger partial charge on any atom is -0.343 e. The Bertz CT molecular complexity index is 124. The van der Waals surface area contributed by atoms with E-state index in [4.69, 9.17) is 0 Å². The summed E-state index contributed by atoms with van der Waals surface area (Å²) in [4.78, 5) is 12.6. The summed E-state index contributed by atoms with van der Waals surface area (Å²) in [5.41, 5.74) is 0. The third kappa shape index (κ3) is 1.42. The molecule has 1 aliphatic heterocycles. The largest absolute Gasteiger partial charge is 0.343 e. The summed E-state index contributed by atoms with van der Waals surface area (Å²) in [5, 5.41) is 3.07. The van der Waals surface area contributed by atoms with Crippen LogP contribution in [0.3, 0.4) is 0 Å². The van der Waals surface area contributed by atoms with Gasteiger partial charge < -0.3 is 10.2 Å².